The van der Waals surface area contributed by atoms with E-state index >= 15 is 0 Å². The lowest BCUT2D eigenvalue weighted by molar-refractivity contribution is -0.148. The zero-order chi connectivity index (χ0) is 21.4. The topological polar surface area (TPSA) is 26.3 Å². The van der Waals surface area contributed by atoms with Crippen LogP contribution in [0.5, 0.6) is 0 Å². The van der Waals surface area contributed by atoms with Gasteiger partial charge in [-0.05, 0) is 26.2 Å². The molecule has 0 aromatic carbocycles. The molecule has 0 aliphatic carbocycles. The SMILES string of the molecule is CCCCCCCCCCCCCC(=O)OC(C)CCCCCCCCCCC. The van der Waals surface area contributed by atoms with Crippen LogP contribution in [0.25, 0.3) is 0 Å². The van der Waals surface area contributed by atoms with E-state index in [-0.39, 0.29) is 12.1 Å². The van der Waals surface area contributed by atoms with Gasteiger partial charge >= 0.3 is 5.97 Å². The zero-order valence-corrected chi connectivity index (χ0v) is 20.5. The fourth-order valence-corrected chi connectivity index (χ4v) is 4.02. The van der Waals surface area contributed by atoms with Crippen LogP contribution in [-0.4, -0.2) is 12.1 Å². The highest BCUT2D eigenvalue weighted by Gasteiger charge is 2.09. The Morgan fingerprint density at radius 2 is 0.897 bits per heavy atom. The predicted octanol–water partition coefficient (Wildman–Crippen LogP) is 9.54. The van der Waals surface area contributed by atoms with Crippen LogP contribution in [-0.2, 0) is 9.53 Å². The van der Waals surface area contributed by atoms with Crippen molar-refractivity contribution in [3.05, 3.63) is 0 Å². The molecule has 174 valence electrons. The summed E-state index contributed by atoms with van der Waals surface area (Å²) >= 11 is 0. The Balaban J connectivity index is 3.30. The summed E-state index contributed by atoms with van der Waals surface area (Å²) in [6, 6.07) is 0. The molecule has 1 unspecified atom stereocenters. The molecule has 0 aliphatic rings. The van der Waals surface area contributed by atoms with Gasteiger partial charge in [-0.3, -0.25) is 4.79 Å². The number of carbonyl (C=O) groups excluding carboxylic acids is 1. The molecule has 0 aliphatic heterocycles. The summed E-state index contributed by atoms with van der Waals surface area (Å²) < 4.78 is 5.58. The van der Waals surface area contributed by atoms with Crippen molar-refractivity contribution in [1.29, 1.82) is 0 Å². The van der Waals surface area contributed by atoms with Crippen LogP contribution < -0.4 is 0 Å². The maximum absolute atomic E-state index is 12.0. The Labute approximate surface area is 184 Å². The summed E-state index contributed by atoms with van der Waals surface area (Å²) in [5, 5.41) is 0. The van der Waals surface area contributed by atoms with Gasteiger partial charge in [0.05, 0.1) is 6.10 Å². The van der Waals surface area contributed by atoms with Crippen LogP contribution >= 0.6 is 0 Å². The van der Waals surface area contributed by atoms with Crippen molar-refractivity contribution in [2.75, 3.05) is 0 Å². The van der Waals surface area contributed by atoms with Crippen LogP contribution in [0, 0.1) is 0 Å². The highest BCUT2D eigenvalue weighted by atomic mass is 16.5. The first-order chi connectivity index (χ1) is 14.2. The summed E-state index contributed by atoms with van der Waals surface area (Å²) in [5.41, 5.74) is 0. The lowest BCUT2D eigenvalue weighted by atomic mass is 10.1. The average molecular weight is 411 g/mol. The monoisotopic (exact) mass is 410 g/mol. The number of ether oxygens (including phenoxy) is 1. The van der Waals surface area contributed by atoms with Crippen molar-refractivity contribution < 1.29 is 9.53 Å². The van der Waals surface area contributed by atoms with E-state index in [0.717, 1.165) is 12.8 Å². The largest absolute Gasteiger partial charge is 0.463 e. The van der Waals surface area contributed by atoms with Crippen LogP contribution in [0.15, 0.2) is 0 Å². The lowest BCUT2D eigenvalue weighted by Gasteiger charge is -2.13. The predicted molar refractivity (Wildman–Crippen MR) is 128 cm³/mol. The summed E-state index contributed by atoms with van der Waals surface area (Å²) in [7, 11) is 0. The van der Waals surface area contributed by atoms with Gasteiger partial charge in [0.25, 0.3) is 0 Å². The Hall–Kier alpha value is -0.530. The number of hydrogen-bond acceptors (Lipinski definition) is 2. The first-order valence-electron chi connectivity index (χ1n) is 13.4. The van der Waals surface area contributed by atoms with Crippen LogP contribution in [0.3, 0.4) is 0 Å². The van der Waals surface area contributed by atoms with Gasteiger partial charge in [-0.15, -0.1) is 0 Å². The first-order valence-corrected chi connectivity index (χ1v) is 13.4. The number of unbranched alkanes of at least 4 members (excludes halogenated alkanes) is 18. The second kappa shape index (κ2) is 23.7. The third kappa shape index (κ3) is 23.6. The van der Waals surface area contributed by atoms with Gasteiger partial charge < -0.3 is 4.74 Å². The molecule has 0 amide bonds. The normalized spacial score (nSPS) is 12.2. The molecule has 0 aromatic heterocycles. The standard InChI is InChI=1S/C27H54O2/c1-4-6-8-10-12-14-15-17-19-21-23-25-27(28)29-26(3)24-22-20-18-16-13-11-9-7-5-2/h26H,4-25H2,1-3H3. The van der Waals surface area contributed by atoms with Gasteiger partial charge in [0.1, 0.15) is 0 Å². The molecule has 0 saturated carbocycles. The van der Waals surface area contributed by atoms with E-state index in [0.29, 0.717) is 6.42 Å². The Kier molecular flexibility index (Phi) is 23.3. The van der Waals surface area contributed by atoms with Crippen molar-refractivity contribution in [1.82, 2.24) is 0 Å². The van der Waals surface area contributed by atoms with E-state index < -0.39 is 0 Å². The number of carbonyl (C=O) groups is 1. The van der Waals surface area contributed by atoms with Crippen molar-refractivity contribution in [2.24, 2.45) is 0 Å². The summed E-state index contributed by atoms with van der Waals surface area (Å²) in [6.07, 6.45) is 28.4. The summed E-state index contributed by atoms with van der Waals surface area (Å²) in [4.78, 5) is 12.0. The van der Waals surface area contributed by atoms with E-state index in [2.05, 4.69) is 20.8 Å². The van der Waals surface area contributed by atoms with Gasteiger partial charge in [-0.1, -0.05) is 129 Å². The minimum absolute atomic E-state index is 0.0179. The molecule has 0 aromatic rings. The Morgan fingerprint density at radius 3 is 1.31 bits per heavy atom. The quantitative estimate of drug-likeness (QED) is 0.124. The molecular weight excluding hydrogens is 356 g/mol. The minimum Gasteiger partial charge on any atom is -0.463 e. The molecular formula is C27H54O2. The molecule has 0 fully saturated rings. The summed E-state index contributed by atoms with van der Waals surface area (Å²) in [5.74, 6) is 0.0179. The molecule has 0 radical (unpaired) electrons. The van der Waals surface area contributed by atoms with E-state index in [1.165, 1.54) is 122 Å². The molecule has 0 rings (SSSR count). The Bertz CT molecular complexity index is 326. The molecule has 29 heavy (non-hydrogen) atoms. The fraction of sp³-hybridized carbons (Fsp3) is 0.963. The molecule has 0 spiro atoms. The first kappa shape index (κ1) is 28.5. The van der Waals surface area contributed by atoms with E-state index in [1.807, 2.05) is 0 Å². The van der Waals surface area contributed by atoms with Gasteiger partial charge in [0.2, 0.25) is 0 Å². The average Bonchev–Trinajstić information content (AvgIpc) is 2.70. The highest BCUT2D eigenvalue weighted by molar-refractivity contribution is 5.69. The maximum Gasteiger partial charge on any atom is 0.306 e. The van der Waals surface area contributed by atoms with Gasteiger partial charge in [-0.25, -0.2) is 0 Å². The van der Waals surface area contributed by atoms with Crippen LogP contribution in [0.2, 0.25) is 0 Å². The van der Waals surface area contributed by atoms with Crippen LogP contribution in [0.1, 0.15) is 162 Å². The summed E-state index contributed by atoms with van der Waals surface area (Å²) in [6.45, 7) is 6.60. The molecule has 2 nitrogen and oxygen atoms in total. The third-order valence-corrected chi connectivity index (χ3v) is 6.03. The maximum atomic E-state index is 12.0. The third-order valence-electron chi connectivity index (χ3n) is 6.03. The minimum atomic E-state index is 0.0179. The molecule has 0 N–H and O–H groups in total. The second-order valence-electron chi connectivity index (χ2n) is 9.20. The smallest absolute Gasteiger partial charge is 0.306 e. The molecule has 0 heterocycles. The Morgan fingerprint density at radius 1 is 0.552 bits per heavy atom. The fourth-order valence-electron chi connectivity index (χ4n) is 4.02. The van der Waals surface area contributed by atoms with Crippen molar-refractivity contribution in [3.63, 3.8) is 0 Å². The second-order valence-corrected chi connectivity index (χ2v) is 9.20. The van der Waals surface area contributed by atoms with Gasteiger partial charge in [0.15, 0.2) is 0 Å². The number of rotatable bonds is 23. The molecule has 0 saturated heterocycles. The zero-order valence-electron chi connectivity index (χ0n) is 20.5. The van der Waals surface area contributed by atoms with E-state index in [1.54, 1.807) is 0 Å². The molecule has 0 bridgehead atoms. The van der Waals surface area contributed by atoms with Crippen molar-refractivity contribution in [3.8, 4) is 0 Å². The number of hydrogen-bond donors (Lipinski definition) is 0. The van der Waals surface area contributed by atoms with Crippen molar-refractivity contribution >= 4 is 5.97 Å². The van der Waals surface area contributed by atoms with Crippen LogP contribution in [0.4, 0.5) is 0 Å². The van der Waals surface area contributed by atoms with Gasteiger partial charge in [-0.2, -0.15) is 0 Å². The lowest BCUT2D eigenvalue weighted by Crippen LogP contribution is -2.14. The highest BCUT2D eigenvalue weighted by Crippen LogP contribution is 2.14. The molecule has 2 heteroatoms. The number of esters is 1. The van der Waals surface area contributed by atoms with E-state index in [9.17, 15) is 4.79 Å². The van der Waals surface area contributed by atoms with Gasteiger partial charge in [0, 0.05) is 6.42 Å². The van der Waals surface area contributed by atoms with E-state index in [4.69, 9.17) is 4.74 Å². The van der Waals surface area contributed by atoms with Crippen molar-refractivity contribution in [2.45, 2.75) is 168 Å². The molecule has 1 atom stereocenters.